The molecule has 1 aliphatic carbocycles. The summed E-state index contributed by atoms with van der Waals surface area (Å²) in [5, 5.41) is 10.3. The van der Waals surface area contributed by atoms with Gasteiger partial charge in [0.2, 0.25) is 0 Å². The van der Waals surface area contributed by atoms with Crippen LogP contribution in [0.4, 0.5) is 0 Å². The molecular weight excluding hydrogens is 200 g/mol. The highest BCUT2D eigenvalue weighted by Crippen LogP contribution is 2.39. The molecule has 0 aliphatic heterocycles. The number of rotatable bonds is 2. The quantitative estimate of drug-likeness (QED) is 0.833. The number of aliphatic hydroxyl groups excluding tert-OH is 1. The van der Waals surface area contributed by atoms with Crippen molar-refractivity contribution in [2.24, 2.45) is 17.8 Å². The van der Waals surface area contributed by atoms with Gasteiger partial charge in [0, 0.05) is 6.20 Å². The highest BCUT2D eigenvalue weighted by atomic mass is 16.3. The van der Waals surface area contributed by atoms with Crippen LogP contribution < -0.4 is 0 Å². The predicted molar refractivity (Wildman–Crippen MR) is 62.7 cm³/mol. The average molecular weight is 220 g/mol. The van der Waals surface area contributed by atoms with Crippen molar-refractivity contribution in [1.29, 1.82) is 0 Å². The van der Waals surface area contributed by atoms with Crippen molar-refractivity contribution in [3.63, 3.8) is 0 Å². The molecule has 3 nitrogen and oxygen atoms in total. The van der Waals surface area contributed by atoms with Gasteiger partial charge in [0.15, 0.2) is 0 Å². The van der Waals surface area contributed by atoms with Crippen molar-refractivity contribution >= 4 is 0 Å². The Morgan fingerprint density at radius 1 is 1.31 bits per heavy atom. The maximum absolute atomic E-state index is 10.3. The van der Waals surface area contributed by atoms with Crippen LogP contribution in [0.3, 0.4) is 0 Å². The summed E-state index contributed by atoms with van der Waals surface area (Å²) in [4.78, 5) is 8.01. The minimum atomic E-state index is -0.419. The lowest BCUT2D eigenvalue weighted by atomic mass is 9.73. The molecule has 1 aromatic heterocycles. The first-order valence-corrected chi connectivity index (χ1v) is 6.12. The number of hydrogen-bond acceptors (Lipinski definition) is 3. The van der Waals surface area contributed by atoms with Crippen LogP contribution >= 0.6 is 0 Å². The van der Waals surface area contributed by atoms with E-state index in [1.807, 2.05) is 6.07 Å². The Kier molecular flexibility index (Phi) is 3.54. The van der Waals surface area contributed by atoms with E-state index in [1.54, 1.807) is 6.20 Å². The zero-order valence-corrected chi connectivity index (χ0v) is 10.0. The molecule has 1 fully saturated rings. The van der Waals surface area contributed by atoms with Crippen LogP contribution in [-0.2, 0) is 0 Å². The van der Waals surface area contributed by atoms with Gasteiger partial charge in [-0.05, 0) is 36.7 Å². The van der Waals surface area contributed by atoms with Gasteiger partial charge in [0.05, 0.1) is 11.8 Å². The molecule has 0 aromatic carbocycles. The summed E-state index contributed by atoms with van der Waals surface area (Å²) in [6, 6.07) is 1.81. The van der Waals surface area contributed by atoms with Gasteiger partial charge >= 0.3 is 0 Å². The van der Waals surface area contributed by atoms with E-state index in [0.717, 1.165) is 24.5 Å². The lowest BCUT2D eigenvalue weighted by molar-refractivity contribution is 0.0530. The summed E-state index contributed by atoms with van der Waals surface area (Å²) >= 11 is 0. The molecule has 3 heteroatoms. The van der Waals surface area contributed by atoms with E-state index in [-0.39, 0.29) is 0 Å². The van der Waals surface area contributed by atoms with Crippen LogP contribution in [0.1, 0.15) is 44.9 Å². The second-order valence-corrected chi connectivity index (χ2v) is 5.11. The molecule has 16 heavy (non-hydrogen) atoms. The number of aromatic nitrogens is 2. The predicted octanol–water partition coefficient (Wildman–Crippen LogP) is 2.58. The van der Waals surface area contributed by atoms with Gasteiger partial charge in [-0.2, -0.15) is 0 Å². The van der Waals surface area contributed by atoms with Crippen LogP contribution in [0.25, 0.3) is 0 Å². The fraction of sp³-hybridized carbons (Fsp3) is 0.692. The molecule has 1 N–H and O–H groups in total. The average Bonchev–Trinajstić information content (AvgIpc) is 2.33. The standard InChI is InChI=1S/C13H20N2O/c1-9-3-4-11(7-10(9)2)13(16)12-5-6-14-8-15-12/h5-6,8-11,13,16H,3-4,7H2,1-2H3. The summed E-state index contributed by atoms with van der Waals surface area (Å²) in [5.74, 6) is 1.85. The molecule has 88 valence electrons. The zero-order valence-electron chi connectivity index (χ0n) is 10.0. The number of nitrogens with zero attached hydrogens (tertiary/aromatic N) is 2. The Morgan fingerprint density at radius 2 is 2.12 bits per heavy atom. The fourth-order valence-corrected chi connectivity index (χ4v) is 2.59. The van der Waals surface area contributed by atoms with Crippen LogP contribution in [0.5, 0.6) is 0 Å². The first kappa shape index (κ1) is 11.5. The lowest BCUT2D eigenvalue weighted by Gasteiger charge is -2.34. The second-order valence-electron chi connectivity index (χ2n) is 5.11. The van der Waals surface area contributed by atoms with E-state index in [9.17, 15) is 5.11 Å². The Morgan fingerprint density at radius 3 is 2.75 bits per heavy atom. The third-order valence-corrected chi connectivity index (χ3v) is 3.99. The molecule has 0 radical (unpaired) electrons. The van der Waals surface area contributed by atoms with Crippen molar-refractivity contribution in [2.45, 2.75) is 39.2 Å². The Labute approximate surface area is 96.9 Å². The maximum atomic E-state index is 10.3. The smallest absolute Gasteiger partial charge is 0.115 e. The summed E-state index contributed by atoms with van der Waals surface area (Å²) in [6.07, 6.45) is 6.21. The highest BCUT2D eigenvalue weighted by molar-refractivity contribution is 5.04. The fourth-order valence-electron chi connectivity index (χ4n) is 2.59. The van der Waals surface area contributed by atoms with Crippen LogP contribution in [0.2, 0.25) is 0 Å². The van der Waals surface area contributed by atoms with E-state index in [1.165, 1.54) is 12.7 Å². The van der Waals surface area contributed by atoms with Crippen LogP contribution in [0.15, 0.2) is 18.6 Å². The molecule has 1 heterocycles. The van der Waals surface area contributed by atoms with Crippen LogP contribution in [-0.4, -0.2) is 15.1 Å². The second kappa shape index (κ2) is 4.91. The first-order chi connectivity index (χ1) is 7.68. The highest BCUT2D eigenvalue weighted by Gasteiger charge is 2.30. The number of aliphatic hydroxyl groups is 1. The summed E-state index contributed by atoms with van der Waals surface area (Å²) < 4.78 is 0. The third kappa shape index (κ3) is 2.40. The monoisotopic (exact) mass is 220 g/mol. The van der Waals surface area contributed by atoms with E-state index in [2.05, 4.69) is 23.8 Å². The molecule has 0 spiro atoms. The van der Waals surface area contributed by atoms with E-state index in [0.29, 0.717) is 11.8 Å². The molecule has 4 unspecified atom stereocenters. The van der Waals surface area contributed by atoms with E-state index >= 15 is 0 Å². The third-order valence-electron chi connectivity index (χ3n) is 3.99. The van der Waals surface area contributed by atoms with Crippen molar-refractivity contribution in [1.82, 2.24) is 9.97 Å². The molecule has 4 atom stereocenters. The van der Waals surface area contributed by atoms with Crippen molar-refractivity contribution in [3.05, 3.63) is 24.3 Å². The minimum absolute atomic E-state index is 0.362. The lowest BCUT2D eigenvalue weighted by Crippen LogP contribution is -2.25. The van der Waals surface area contributed by atoms with E-state index in [4.69, 9.17) is 0 Å². The number of hydrogen-bond donors (Lipinski definition) is 1. The molecule has 1 aromatic rings. The largest absolute Gasteiger partial charge is 0.387 e. The minimum Gasteiger partial charge on any atom is -0.387 e. The van der Waals surface area contributed by atoms with Gasteiger partial charge < -0.3 is 5.11 Å². The van der Waals surface area contributed by atoms with Gasteiger partial charge in [0.1, 0.15) is 6.33 Å². The molecule has 1 saturated carbocycles. The summed E-state index contributed by atoms with van der Waals surface area (Å²) in [7, 11) is 0. The SMILES string of the molecule is CC1CCC(C(O)c2ccncn2)CC1C. The molecule has 0 saturated heterocycles. The first-order valence-electron chi connectivity index (χ1n) is 6.12. The van der Waals surface area contributed by atoms with Gasteiger partial charge in [-0.15, -0.1) is 0 Å². The van der Waals surface area contributed by atoms with Gasteiger partial charge in [0.25, 0.3) is 0 Å². The van der Waals surface area contributed by atoms with Gasteiger partial charge in [-0.25, -0.2) is 9.97 Å². The van der Waals surface area contributed by atoms with Gasteiger partial charge in [-0.3, -0.25) is 0 Å². The summed E-state index contributed by atoms with van der Waals surface area (Å²) in [5.41, 5.74) is 0.766. The molecule has 0 amide bonds. The van der Waals surface area contributed by atoms with Crippen molar-refractivity contribution in [2.75, 3.05) is 0 Å². The Bertz CT molecular complexity index is 328. The van der Waals surface area contributed by atoms with E-state index < -0.39 is 6.10 Å². The normalized spacial score (nSPS) is 32.3. The van der Waals surface area contributed by atoms with Crippen molar-refractivity contribution < 1.29 is 5.11 Å². The Balaban J connectivity index is 2.03. The van der Waals surface area contributed by atoms with Gasteiger partial charge in [-0.1, -0.05) is 20.3 Å². The molecule has 0 bridgehead atoms. The van der Waals surface area contributed by atoms with Crippen molar-refractivity contribution in [3.8, 4) is 0 Å². The molecule has 2 rings (SSSR count). The van der Waals surface area contributed by atoms with Crippen LogP contribution in [0, 0.1) is 17.8 Å². The Hall–Kier alpha value is -0.960. The topological polar surface area (TPSA) is 46.0 Å². The maximum Gasteiger partial charge on any atom is 0.115 e. The summed E-state index contributed by atoms with van der Waals surface area (Å²) in [6.45, 7) is 4.58. The molecular formula is C13H20N2O. The zero-order chi connectivity index (χ0) is 11.5. The molecule has 1 aliphatic rings.